The Hall–Kier alpha value is -2.10. The number of carbonyl (C=O) groups is 1. The summed E-state index contributed by atoms with van der Waals surface area (Å²) in [5.41, 5.74) is 2.19. The summed E-state index contributed by atoms with van der Waals surface area (Å²) in [6.07, 6.45) is 10.0. The molecule has 26 heavy (non-hydrogen) atoms. The summed E-state index contributed by atoms with van der Waals surface area (Å²) in [4.78, 5) is 12.8. The van der Waals surface area contributed by atoms with Gasteiger partial charge in [0.25, 0.3) is 5.91 Å². The average molecular weight is 349 g/mol. The van der Waals surface area contributed by atoms with E-state index in [0.29, 0.717) is 17.7 Å². The second-order valence-corrected chi connectivity index (χ2v) is 8.96. The first-order valence-corrected chi connectivity index (χ1v) is 10.0. The van der Waals surface area contributed by atoms with Gasteiger partial charge in [-0.1, -0.05) is 30.3 Å². The number of hydrogen-bond acceptors (Lipinski definition) is 2. The standard InChI is InChI=1S/C22H27N3O/c26-21(20-6-7-24-25(20)14-16-4-2-1-3-5-16)23-15-22-11-17-8-18(12-22)10-19(9-17)13-22/h1-7,17-19H,8-15H2,(H,23,26). The Bertz CT molecular complexity index is 759. The molecule has 6 rings (SSSR count). The van der Waals surface area contributed by atoms with Crippen molar-refractivity contribution in [3.63, 3.8) is 0 Å². The third kappa shape index (κ3) is 2.95. The van der Waals surface area contributed by atoms with Crippen molar-refractivity contribution in [2.45, 2.75) is 45.1 Å². The largest absolute Gasteiger partial charge is 0.350 e. The Morgan fingerprint density at radius 3 is 2.35 bits per heavy atom. The minimum Gasteiger partial charge on any atom is -0.350 e. The molecule has 0 atom stereocenters. The first-order valence-electron chi connectivity index (χ1n) is 10.0. The predicted molar refractivity (Wildman–Crippen MR) is 101 cm³/mol. The number of benzene rings is 1. The van der Waals surface area contributed by atoms with Crippen LogP contribution in [0.2, 0.25) is 0 Å². The molecule has 0 aliphatic heterocycles. The van der Waals surface area contributed by atoms with Crippen molar-refractivity contribution in [2.75, 3.05) is 6.54 Å². The van der Waals surface area contributed by atoms with E-state index in [0.717, 1.165) is 29.9 Å². The summed E-state index contributed by atoms with van der Waals surface area (Å²) in [6.45, 7) is 1.47. The summed E-state index contributed by atoms with van der Waals surface area (Å²) in [5.74, 6) is 2.78. The van der Waals surface area contributed by atoms with Crippen LogP contribution in [0, 0.1) is 23.2 Å². The van der Waals surface area contributed by atoms with Crippen LogP contribution in [0.5, 0.6) is 0 Å². The number of nitrogens with one attached hydrogen (secondary N) is 1. The highest BCUT2D eigenvalue weighted by molar-refractivity contribution is 5.92. The molecule has 4 bridgehead atoms. The second-order valence-electron chi connectivity index (χ2n) is 8.96. The lowest BCUT2D eigenvalue weighted by Gasteiger charge is -2.56. The van der Waals surface area contributed by atoms with Crippen molar-refractivity contribution < 1.29 is 4.79 Å². The summed E-state index contributed by atoms with van der Waals surface area (Å²) < 4.78 is 1.81. The van der Waals surface area contributed by atoms with Crippen LogP contribution in [-0.2, 0) is 6.54 Å². The molecule has 4 nitrogen and oxygen atoms in total. The predicted octanol–water partition coefficient (Wildman–Crippen LogP) is 3.88. The maximum absolute atomic E-state index is 12.8. The summed E-state index contributed by atoms with van der Waals surface area (Å²) in [5, 5.41) is 7.63. The zero-order valence-corrected chi connectivity index (χ0v) is 15.2. The van der Waals surface area contributed by atoms with Gasteiger partial charge >= 0.3 is 0 Å². The number of amides is 1. The van der Waals surface area contributed by atoms with Crippen LogP contribution in [0.4, 0.5) is 0 Å². The normalized spacial score (nSPS) is 31.9. The van der Waals surface area contributed by atoms with E-state index >= 15 is 0 Å². The number of rotatable bonds is 5. The third-order valence-corrected chi connectivity index (χ3v) is 6.91. The van der Waals surface area contributed by atoms with Crippen LogP contribution in [0.15, 0.2) is 42.6 Å². The van der Waals surface area contributed by atoms with E-state index in [4.69, 9.17) is 0 Å². The molecule has 0 radical (unpaired) electrons. The van der Waals surface area contributed by atoms with Crippen molar-refractivity contribution in [1.82, 2.24) is 15.1 Å². The van der Waals surface area contributed by atoms with Gasteiger partial charge in [-0.15, -0.1) is 0 Å². The highest BCUT2D eigenvalue weighted by Gasteiger charge is 2.50. The Morgan fingerprint density at radius 1 is 1.04 bits per heavy atom. The Kier molecular flexibility index (Phi) is 3.87. The van der Waals surface area contributed by atoms with Gasteiger partial charge in [0.15, 0.2) is 0 Å². The molecule has 4 fully saturated rings. The van der Waals surface area contributed by atoms with Crippen LogP contribution >= 0.6 is 0 Å². The molecule has 4 saturated carbocycles. The lowest BCUT2D eigenvalue weighted by atomic mass is 9.49. The number of aromatic nitrogens is 2. The lowest BCUT2D eigenvalue weighted by molar-refractivity contribution is -0.0503. The Labute approximate surface area is 155 Å². The van der Waals surface area contributed by atoms with Gasteiger partial charge in [0.2, 0.25) is 0 Å². The first-order chi connectivity index (χ1) is 12.7. The van der Waals surface area contributed by atoms with Gasteiger partial charge in [-0.05, 0) is 73.3 Å². The van der Waals surface area contributed by atoms with Crippen LogP contribution in [0.1, 0.15) is 54.6 Å². The van der Waals surface area contributed by atoms with Gasteiger partial charge in [0.05, 0.1) is 6.54 Å². The van der Waals surface area contributed by atoms with Crippen LogP contribution in [0.25, 0.3) is 0 Å². The quantitative estimate of drug-likeness (QED) is 0.890. The molecule has 1 aromatic heterocycles. The topological polar surface area (TPSA) is 46.9 Å². The van der Waals surface area contributed by atoms with Crippen molar-refractivity contribution >= 4 is 5.91 Å². The van der Waals surface area contributed by atoms with E-state index in [1.165, 1.54) is 38.5 Å². The molecule has 0 unspecified atom stereocenters. The molecule has 0 spiro atoms. The molecule has 1 N–H and O–H groups in total. The highest BCUT2D eigenvalue weighted by Crippen LogP contribution is 2.59. The minimum atomic E-state index is 0.0224. The number of hydrogen-bond donors (Lipinski definition) is 1. The molecule has 1 aromatic carbocycles. The van der Waals surface area contributed by atoms with Gasteiger partial charge in [-0.2, -0.15) is 5.10 Å². The maximum Gasteiger partial charge on any atom is 0.269 e. The fourth-order valence-corrected chi connectivity index (χ4v) is 6.27. The van der Waals surface area contributed by atoms with Crippen molar-refractivity contribution in [1.29, 1.82) is 0 Å². The van der Waals surface area contributed by atoms with E-state index in [2.05, 4.69) is 22.5 Å². The molecule has 0 saturated heterocycles. The molecular weight excluding hydrogens is 322 g/mol. The van der Waals surface area contributed by atoms with Crippen molar-refractivity contribution in [2.24, 2.45) is 23.2 Å². The molecular formula is C22H27N3O. The van der Waals surface area contributed by atoms with Crippen molar-refractivity contribution in [3.05, 3.63) is 53.9 Å². The Morgan fingerprint density at radius 2 is 1.69 bits per heavy atom. The fraction of sp³-hybridized carbons (Fsp3) is 0.545. The van der Waals surface area contributed by atoms with Crippen LogP contribution in [-0.4, -0.2) is 22.2 Å². The van der Waals surface area contributed by atoms with Gasteiger partial charge in [0, 0.05) is 12.7 Å². The highest BCUT2D eigenvalue weighted by atomic mass is 16.2. The second kappa shape index (κ2) is 6.26. The molecule has 4 aliphatic rings. The third-order valence-electron chi connectivity index (χ3n) is 6.91. The number of nitrogens with zero attached hydrogens (tertiary/aromatic N) is 2. The molecule has 1 amide bonds. The fourth-order valence-electron chi connectivity index (χ4n) is 6.27. The molecule has 1 heterocycles. The Balaban J connectivity index is 1.26. The van der Waals surface area contributed by atoms with Crippen LogP contribution in [0.3, 0.4) is 0 Å². The summed E-state index contributed by atoms with van der Waals surface area (Å²) in [6, 6.07) is 12.0. The maximum atomic E-state index is 12.8. The SMILES string of the molecule is O=C(NCC12CC3CC(CC(C3)C1)C2)c1ccnn1Cc1ccccc1. The van der Waals surface area contributed by atoms with Crippen molar-refractivity contribution in [3.8, 4) is 0 Å². The molecule has 136 valence electrons. The monoisotopic (exact) mass is 349 g/mol. The smallest absolute Gasteiger partial charge is 0.269 e. The average Bonchev–Trinajstić information content (AvgIpc) is 3.08. The van der Waals surface area contributed by atoms with Gasteiger partial charge in [-0.25, -0.2) is 0 Å². The van der Waals surface area contributed by atoms with Gasteiger partial charge in [0.1, 0.15) is 5.69 Å². The van der Waals surface area contributed by atoms with E-state index in [-0.39, 0.29) is 5.91 Å². The van der Waals surface area contributed by atoms with E-state index in [9.17, 15) is 4.79 Å². The molecule has 4 aliphatic carbocycles. The summed E-state index contributed by atoms with van der Waals surface area (Å²) >= 11 is 0. The van der Waals surface area contributed by atoms with Gasteiger partial charge < -0.3 is 5.32 Å². The van der Waals surface area contributed by atoms with Crippen LogP contribution < -0.4 is 5.32 Å². The van der Waals surface area contributed by atoms with E-state index in [1.54, 1.807) is 6.20 Å². The molecule has 4 heteroatoms. The van der Waals surface area contributed by atoms with Gasteiger partial charge in [-0.3, -0.25) is 9.48 Å². The summed E-state index contributed by atoms with van der Waals surface area (Å²) in [7, 11) is 0. The zero-order chi connectivity index (χ0) is 17.6. The lowest BCUT2D eigenvalue weighted by Crippen LogP contribution is -2.51. The molecule has 2 aromatic rings. The zero-order valence-electron chi connectivity index (χ0n) is 15.2. The van der Waals surface area contributed by atoms with E-state index < -0.39 is 0 Å². The number of carbonyl (C=O) groups excluding carboxylic acids is 1. The first kappa shape index (κ1) is 16.1. The van der Waals surface area contributed by atoms with E-state index in [1.807, 2.05) is 28.9 Å². The minimum absolute atomic E-state index is 0.0224.